The lowest BCUT2D eigenvalue weighted by atomic mass is 10.1. The van der Waals surface area contributed by atoms with Gasteiger partial charge in [-0.2, -0.15) is 0 Å². The van der Waals surface area contributed by atoms with Gasteiger partial charge in [-0.3, -0.25) is 4.79 Å². The fraction of sp³-hybridized carbons (Fsp3) is 0.125. The molecule has 0 radical (unpaired) electrons. The van der Waals surface area contributed by atoms with Crippen molar-refractivity contribution in [2.45, 2.75) is 19.4 Å². The number of carbonyl (C=O) groups excluding carboxylic acids is 1. The van der Waals surface area contributed by atoms with Crippen LogP contribution < -0.4 is 5.32 Å². The van der Waals surface area contributed by atoms with Crippen molar-refractivity contribution in [1.29, 1.82) is 0 Å². The van der Waals surface area contributed by atoms with Crippen LogP contribution in [0, 0.1) is 0 Å². The van der Waals surface area contributed by atoms with Crippen molar-refractivity contribution in [3.63, 3.8) is 0 Å². The Labute approximate surface area is 178 Å². The molecule has 0 aliphatic rings. The lowest BCUT2D eigenvalue weighted by Crippen LogP contribution is -2.24. The fourth-order valence-corrected chi connectivity index (χ4v) is 4.28. The molecule has 6 heteroatoms. The van der Waals surface area contributed by atoms with Crippen molar-refractivity contribution in [3.05, 3.63) is 100 Å². The summed E-state index contributed by atoms with van der Waals surface area (Å²) in [5.41, 5.74) is 4.32. The number of amides is 1. The third-order valence-corrected chi connectivity index (χ3v) is 5.74. The quantitative estimate of drug-likeness (QED) is 0.467. The maximum absolute atomic E-state index is 12.3. The summed E-state index contributed by atoms with van der Waals surface area (Å²) in [4.78, 5) is 28.0. The number of carbonyl (C=O) groups is 2. The van der Waals surface area contributed by atoms with Crippen LogP contribution in [0.5, 0.6) is 0 Å². The first-order valence-corrected chi connectivity index (χ1v) is 10.4. The predicted molar refractivity (Wildman–Crippen MR) is 118 cm³/mol. The summed E-state index contributed by atoms with van der Waals surface area (Å²) in [6.45, 7) is 0.284. The molecule has 1 amide bonds. The van der Waals surface area contributed by atoms with Crippen molar-refractivity contribution in [2.75, 3.05) is 0 Å². The van der Waals surface area contributed by atoms with Gasteiger partial charge in [0.1, 0.15) is 5.01 Å². The van der Waals surface area contributed by atoms with Crippen LogP contribution in [-0.2, 0) is 24.2 Å². The van der Waals surface area contributed by atoms with Gasteiger partial charge in [0.05, 0.1) is 22.2 Å². The van der Waals surface area contributed by atoms with Gasteiger partial charge in [-0.15, -0.1) is 11.3 Å². The molecule has 0 bridgehead atoms. The van der Waals surface area contributed by atoms with E-state index in [1.807, 2.05) is 24.3 Å². The Balaban J connectivity index is 1.39. The zero-order valence-electron chi connectivity index (χ0n) is 16.2. The number of aromatic carboxylic acids is 1. The fourth-order valence-electron chi connectivity index (χ4n) is 3.25. The summed E-state index contributed by atoms with van der Waals surface area (Å²) >= 11 is 1.53. The van der Waals surface area contributed by atoms with Crippen LogP contribution in [0.2, 0.25) is 0 Å². The minimum absolute atomic E-state index is 0.140. The number of benzene rings is 3. The minimum Gasteiger partial charge on any atom is -0.478 e. The number of nitrogens with one attached hydrogen (secondary N) is 1. The first-order chi connectivity index (χ1) is 14.6. The van der Waals surface area contributed by atoms with Gasteiger partial charge in [0.15, 0.2) is 0 Å². The molecule has 0 unspecified atom stereocenters. The predicted octanol–water partition coefficient (Wildman–Crippen LogP) is 4.44. The Morgan fingerprint density at radius 1 is 0.900 bits per heavy atom. The number of carboxylic acids is 1. The third kappa shape index (κ3) is 4.90. The van der Waals surface area contributed by atoms with E-state index >= 15 is 0 Å². The number of fused-ring (bicyclic) bond motifs is 1. The zero-order valence-corrected chi connectivity index (χ0v) is 17.0. The van der Waals surface area contributed by atoms with Crippen molar-refractivity contribution < 1.29 is 14.7 Å². The molecular weight excluding hydrogens is 396 g/mol. The van der Waals surface area contributed by atoms with Crippen LogP contribution in [0.4, 0.5) is 0 Å². The molecule has 5 nitrogen and oxygen atoms in total. The van der Waals surface area contributed by atoms with Crippen molar-refractivity contribution in [1.82, 2.24) is 10.3 Å². The molecule has 0 spiro atoms. The van der Waals surface area contributed by atoms with Crippen LogP contribution in [0.25, 0.3) is 10.2 Å². The van der Waals surface area contributed by atoms with Crippen molar-refractivity contribution >= 4 is 33.4 Å². The van der Waals surface area contributed by atoms with E-state index < -0.39 is 5.97 Å². The molecule has 2 N–H and O–H groups in total. The molecule has 0 aliphatic carbocycles. The van der Waals surface area contributed by atoms with E-state index in [1.54, 1.807) is 18.2 Å². The first kappa shape index (κ1) is 19.8. The lowest BCUT2D eigenvalue weighted by molar-refractivity contribution is -0.120. The number of carboxylic acid groups (broad SMARTS) is 1. The van der Waals surface area contributed by atoms with Crippen LogP contribution in [-0.4, -0.2) is 22.0 Å². The van der Waals surface area contributed by atoms with E-state index in [-0.39, 0.29) is 24.4 Å². The van der Waals surface area contributed by atoms with E-state index in [2.05, 4.69) is 34.6 Å². The largest absolute Gasteiger partial charge is 0.478 e. The Hall–Kier alpha value is -3.51. The summed E-state index contributed by atoms with van der Waals surface area (Å²) < 4.78 is 1.07. The molecule has 0 atom stereocenters. The molecule has 0 fully saturated rings. The smallest absolute Gasteiger partial charge is 0.335 e. The second-order valence-corrected chi connectivity index (χ2v) is 8.15. The van der Waals surface area contributed by atoms with Gasteiger partial charge in [0, 0.05) is 6.54 Å². The van der Waals surface area contributed by atoms with Crippen molar-refractivity contribution in [2.24, 2.45) is 0 Å². The maximum Gasteiger partial charge on any atom is 0.335 e. The van der Waals surface area contributed by atoms with E-state index in [4.69, 9.17) is 5.11 Å². The van der Waals surface area contributed by atoms with Gasteiger partial charge in [-0.1, -0.05) is 48.5 Å². The Morgan fingerprint density at radius 2 is 1.70 bits per heavy atom. The Kier molecular flexibility index (Phi) is 5.86. The highest BCUT2D eigenvalue weighted by molar-refractivity contribution is 7.18. The number of hydrogen-bond donors (Lipinski definition) is 2. The first-order valence-electron chi connectivity index (χ1n) is 9.58. The molecule has 4 rings (SSSR count). The van der Waals surface area contributed by atoms with Gasteiger partial charge in [-0.25, -0.2) is 9.78 Å². The van der Waals surface area contributed by atoms with Gasteiger partial charge >= 0.3 is 5.97 Å². The van der Waals surface area contributed by atoms with E-state index in [0.717, 1.165) is 27.2 Å². The van der Waals surface area contributed by atoms with E-state index in [0.29, 0.717) is 0 Å². The summed E-state index contributed by atoms with van der Waals surface area (Å²) in [6, 6.07) is 23.1. The van der Waals surface area contributed by atoms with Gasteiger partial charge in [0.2, 0.25) is 5.91 Å². The molecule has 3 aromatic carbocycles. The molecule has 150 valence electrons. The van der Waals surface area contributed by atoms with Crippen LogP contribution in [0.3, 0.4) is 0 Å². The van der Waals surface area contributed by atoms with Gasteiger partial charge < -0.3 is 10.4 Å². The molecule has 0 aliphatic heterocycles. The second-order valence-electron chi connectivity index (χ2n) is 7.03. The molecular formula is C24H20N2O3S. The number of hydrogen-bond acceptors (Lipinski definition) is 4. The van der Waals surface area contributed by atoms with Crippen LogP contribution >= 0.6 is 11.3 Å². The van der Waals surface area contributed by atoms with Gasteiger partial charge in [-0.05, 0) is 47.4 Å². The Morgan fingerprint density at radius 3 is 2.50 bits per heavy atom. The normalized spacial score (nSPS) is 10.8. The van der Waals surface area contributed by atoms with E-state index in [9.17, 15) is 9.59 Å². The summed E-state index contributed by atoms with van der Waals surface area (Å²) in [5, 5.41) is 12.7. The number of nitrogens with zero attached hydrogens (tertiary/aromatic N) is 1. The molecule has 1 heterocycles. The van der Waals surface area contributed by atoms with Crippen LogP contribution in [0.1, 0.15) is 32.1 Å². The highest BCUT2D eigenvalue weighted by Gasteiger charge is 2.10. The van der Waals surface area contributed by atoms with Gasteiger partial charge in [0.25, 0.3) is 0 Å². The number of rotatable bonds is 7. The zero-order chi connectivity index (χ0) is 20.9. The average molecular weight is 417 g/mol. The summed E-state index contributed by atoms with van der Waals surface area (Å²) in [7, 11) is 0. The highest BCUT2D eigenvalue weighted by Crippen LogP contribution is 2.25. The summed E-state index contributed by atoms with van der Waals surface area (Å²) in [5.74, 6) is -1.12. The van der Waals surface area contributed by atoms with E-state index in [1.165, 1.54) is 28.5 Å². The standard InChI is InChI=1S/C24H20N2O3S/c27-22(25-15-18-7-4-8-19(12-18)24(28)29)14-23-26-20-10-9-17(13-21(20)30-23)11-16-5-2-1-3-6-16/h1-10,12-13H,11,14-15H2,(H,25,27)(H,28,29). The number of aromatic nitrogens is 1. The topological polar surface area (TPSA) is 79.3 Å². The molecule has 0 saturated heterocycles. The molecule has 4 aromatic rings. The molecule has 0 saturated carbocycles. The minimum atomic E-state index is -0.982. The summed E-state index contributed by atoms with van der Waals surface area (Å²) in [6.07, 6.45) is 1.06. The third-order valence-electron chi connectivity index (χ3n) is 4.72. The highest BCUT2D eigenvalue weighted by atomic mass is 32.1. The number of thiazole rings is 1. The monoisotopic (exact) mass is 416 g/mol. The Bertz CT molecular complexity index is 1200. The SMILES string of the molecule is O=C(Cc1nc2ccc(Cc3ccccc3)cc2s1)NCc1cccc(C(=O)O)c1. The maximum atomic E-state index is 12.3. The molecule has 30 heavy (non-hydrogen) atoms. The lowest BCUT2D eigenvalue weighted by Gasteiger charge is -2.05. The van der Waals surface area contributed by atoms with Crippen molar-refractivity contribution in [3.8, 4) is 0 Å². The average Bonchev–Trinajstić information content (AvgIpc) is 3.14. The molecule has 1 aromatic heterocycles. The second kappa shape index (κ2) is 8.88. The van der Waals surface area contributed by atoms with Crippen LogP contribution in [0.15, 0.2) is 72.8 Å².